The van der Waals surface area contributed by atoms with E-state index in [-0.39, 0.29) is 5.82 Å². The van der Waals surface area contributed by atoms with Crippen LogP contribution >= 0.6 is 11.6 Å². The van der Waals surface area contributed by atoms with Gasteiger partial charge in [-0.15, -0.1) is 0 Å². The number of hydrogen-bond donors (Lipinski definition) is 3. The summed E-state index contributed by atoms with van der Waals surface area (Å²) < 4.78 is 12.9. The Morgan fingerprint density at radius 2 is 1.87 bits per heavy atom. The Kier molecular flexibility index (Phi) is 3.57. The SMILES string of the molecule is NC(N)=C/C=C(\N)c1cc(F)ccc1Cl. The van der Waals surface area contributed by atoms with Crippen molar-refractivity contribution in [3.05, 3.63) is 52.6 Å². The van der Waals surface area contributed by atoms with Crippen LogP contribution in [0.3, 0.4) is 0 Å². The van der Waals surface area contributed by atoms with Gasteiger partial charge in [-0.05, 0) is 30.4 Å². The molecule has 3 nitrogen and oxygen atoms in total. The standard InChI is InChI=1S/C10H11ClFN3/c11-8-2-1-6(12)5-7(8)9(13)3-4-10(14)15/h1-5H,13-15H2/b9-3-. The molecule has 0 spiro atoms. The van der Waals surface area contributed by atoms with Crippen molar-refractivity contribution in [2.75, 3.05) is 0 Å². The fourth-order valence-electron chi connectivity index (χ4n) is 0.995. The number of nitrogens with two attached hydrogens (primary N) is 3. The van der Waals surface area contributed by atoms with Crippen LogP contribution in [0.15, 0.2) is 36.2 Å². The van der Waals surface area contributed by atoms with Crippen molar-refractivity contribution in [3.8, 4) is 0 Å². The van der Waals surface area contributed by atoms with Crippen LogP contribution in [-0.4, -0.2) is 0 Å². The van der Waals surface area contributed by atoms with Crippen molar-refractivity contribution in [2.24, 2.45) is 17.2 Å². The minimum Gasteiger partial charge on any atom is -0.398 e. The quantitative estimate of drug-likeness (QED) is 0.671. The van der Waals surface area contributed by atoms with E-state index in [2.05, 4.69) is 0 Å². The van der Waals surface area contributed by atoms with Gasteiger partial charge in [-0.25, -0.2) is 4.39 Å². The zero-order chi connectivity index (χ0) is 11.4. The molecule has 5 heteroatoms. The summed E-state index contributed by atoms with van der Waals surface area (Å²) in [5, 5.41) is 0.370. The molecule has 80 valence electrons. The molecule has 0 aliphatic carbocycles. The van der Waals surface area contributed by atoms with Crippen molar-refractivity contribution in [1.82, 2.24) is 0 Å². The first-order valence-electron chi connectivity index (χ1n) is 4.14. The summed E-state index contributed by atoms with van der Waals surface area (Å²) in [6.07, 6.45) is 2.88. The largest absolute Gasteiger partial charge is 0.398 e. The third-order valence-corrected chi connectivity index (χ3v) is 2.02. The maximum absolute atomic E-state index is 12.9. The average Bonchev–Trinajstić information content (AvgIpc) is 2.18. The summed E-state index contributed by atoms with van der Waals surface area (Å²) >= 11 is 5.84. The van der Waals surface area contributed by atoms with Gasteiger partial charge in [0.25, 0.3) is 0 Å². The number of rotatable bonds is 2. The summed E-state index contributed by atoms with van der Waals surface area (Å²) in [6.45, 7) is 0. The zero-order valence-corrected chi connectivity index (χ0v) is 8.63. The topological polar surface area (TPSA) is 78.1 Å². The van der Waals surface area contributed by atoms with Gasteiger partial charge in [0.15, 0.2) is 0 Å². The molecule has 1 aromatic carbocycles. The van der Waals surface area contributed by atoms with Crippen molar-refractivity contribution >= 4 is 17.3 Å². The molecule has 0 heterocycles. The Balaban J connectivity index is 3.10. The third kappa shape index (κ3) is 3.18. The van der Waals surface area contributed by atoms with E-state index in [1.807, 2.05) is 0 Å². The molecule has 1 aromatic rings. The first-order chi connectivity index (χ1) is 7.00. The molecule has 0 aliphatic rings. The van der Waals surface area contributed by atoms with Crippen LogP contribution in [0.2, 0.25) is 5.02 Å². The second kappa shape index (κ2) is 4.70. The van der Waals surface area contributed by atoms with Crippen LogP contribution in [0.1, 0.15) is 5.56 Å². The minimum atomic E-state index is -0.407. The molecule has 1 rings (SSSR count). The number of halogens is 2. The van der Waals surface area contributed by atoms with E-state index in [1.54, 1.807) is 0 Å². The number of allylic oxidation sites excluding steroid dienone is 2. The Bertz CT molecular complexity index is 423. The summed E-state index contributed by atoms with van der Waals surface area (Å²) in [6, 6.07) is 3.93. The van der Waals surface area contributed by atoms with E-state index in [4.69, 9.17) is 28.8 Å². The maximum Gasteiger partial charge on any atom is 0.123 e. The highest BCUT2D eigenvalue weighted by Crippen LogP contribution is 2.21. The molecule has 15 heavy (non-hydrogen) atoms. The predicted octanol–water partition coefficient (Wildman–Crippen LogP) is 1.54. The first-order valence-corrected chi connectivity index (χ1v) is 4.52. The highest BCUT2D eigenvalue weighted by Gasteiger charge is 2.03. The monoisotopic (exact) mass is 227 g/mol. The van der Waals surface area contributed by atoms with E-state index in [9.17, 15) is 4.39 Å². The van der Waals surface area contributed by atoms with Gasteiger partial charge < -0.3 is 17.2 Å². The predicted molar refractivity (Wildman–Crippen MR) is 60.0 cm³/mol. The zero-order valence-electron chi connectivity index (χ0n) is 7.87. The second-order valence-electron chi connectivity index (χ2n) is 2.91. The van der Waals surface area contributed by atoms with E-state index in [0.29, 0.717) is 16.3 Å². The number of hydrogen-bond acceptors (Lipinski definition) is 3. The Morgan fingerprint density at radius 3 is 2.47 bits per heavy atom. The number of benzene rings is 1. The molecule has 0 bridgehead atoms. The third-order valence-electron chi connectivity index (χ3n) is 1.69. The van der Waals surface area contributed by atoms with Crippen molar-refractivity contribution in [3.63, 3.8) is 0 Å². The van der Waals surface area contributed by atoms with Crippen molar-refractivity contribution in [1.29, 1.82) is 0 Å². The Hall–Kier alpha value is -1.68. The van der Waals surface area contributed by atoms with Gasteiger partial charge in [-0.3, -0.25) is 0 Å². The van der Waals surface area contributed by atoms with Gasteiger partial charge in [0, 0.05) is 11.3 Å². The normalized spacial score (nSPS) is 11.2. The average molecular weight is 228 g/mol. The molecule has 0 unspecified atom stereocenters. The molecular weight excluding hydrogens is 217 g/mol. The van der Waals surface area contributed by atoms with Gasteiger partial charge in [0.1, 0.15) is 5.82 Å². The van der Waals surface area contributed by atoms with E-state index in [0.717, 1.165) is 0 Å². The molecule has 0 saturated heterocycles. The summed E-state index contributed by atoms with van der Waals surface area (Å²) in [5.41, 5.74) is 16.8. The highest BCUT2D eigenvalue weighted by atomic mass is 35.5. The first kappa shape index (κ1) is 11.4. The highest BCUT2D eigenvalue weighted by molar-refractivity contribution is 6.32. The minimum absolute atomic E-state index is 0.116. The Morgan fingerprint density at radius 1 is 1.20 bits per heavy atom. The molecule has 0 aromatic heterocycles. The summed E-state index contributed by atoms with van der Waals surface area (Å²) in [4.78, 5) is 0. The molecule has 0 saturated carbocycles. The lowest BCUT2D eigenvalue weighted by molar-refractivity contribution is 0.627. The van der Waals surface area contributed by atoms with E-state index in [1.165, 1.54) is 30.4 Å². The maximum atomic E-state index is 12.9. The molecule has 0 fully saturated rings. The molecule has 0 radical (unpaired) electrons. The second-order valence-corrected chi connectivity index (χ2v) is 3.32. The van der Waals surface area contributed by atoms with Crippen LogP contribution in [0.25, 0.3) is 5.70 Å². The lowest BCUT2D eigenvalue weighted by Gasteiger charge is -2.03. The van der Waals surface area contributed by atoms with E-state index < -0.39 is 5.82 Å². The smallest absolute Gasteiger partial charge is 0.123 e. The molecule has 0 aliphatic heterocycles. The van der Waals surface area contributed by atoms with Gasteiger partial charge >= 0.3 is 0 Å². The van der Waals surface area contributed by atoms with Crippen LogP contribution in [0.5, 0.6) is 0 Å². The molecular formula is C10H11ClFN3. The fourth-order valence-corrected chi connectivity index (χ4v) is 1.22. The van der Waals surface area contributed by atoms with Crippen molar-refractivity contribution in [2.45, 2.75) is 0 Å². The van der Waals surface area contributed by atoms with Gasteiger partial charge in [0.05, 0.1) is 10.8 Å². The van der Waals surface area contributed by atoms with Gasteiger partial charge in [-0.2, -0.15) is 0 Å². The van der Waals surface area contributed by atoms with Gasteiger partial charge in [-0.1, -0.05) is 11.6 Å². The lowest BCUT2D eigenvalue weighted by atomic mass is 10.1. The van der Waals surface area contributed by atoms with Gasteiger partial charge in [0.2, 0.25) is 0 Å². The molecule has 0 atom stereocenters. The van der Waals surface area contributed by atoms with Crippen LogP contribution in [-0.2, 0) is 0 Å². The Labute approximate surface area is 92.0 Å². The van der Waals surface area contributed by atoms with Crippen LogP contribution < -0.4 is 17.2 Å². The summed E-state index contributed by atoms with van der Waals surface area (Å²) in [5.74, 6) is -0.291. The summed E-state index contributed by atoms with van der Waals surface area (Å²) in [7, 11) is 0. The molecule has 6 N–H and O–H groups in total. The lowest BCUT2D eigenvalue weighted by Crippen LogP contribution is -2.07. The van der Waals surface area contributed by atoms with Crippen LogP contribution in [0.4, 0.5) is 4.39 Å². The van der Waals surface area contributed by atoms with E-state index >= 15 is 0 Å². The van der Waals surface area contributed by atoms with Crippen molar-refractivity contribution < 1.29 is 4.39 Å². The van der Waals surface area contributed by atoms with Crippen LogP contribution in [0, 0.1) is 5.82 Å². The fraction of sp³-hybridized carbons (Fsp3) is 0. The molecule has 0 amide bonds.